The molecule has 1 saturated heterocycles. The largest absolute Gasteiger partial charge is 0.496 e. The molecule has 2 aromatic rings. The van der Waals surface area contributed by atoms with Gasteiger partial charge in [0.1, 0.15) is 11.6 Å². The lowest BCUT2D eigenvalue weighted by Gasteiger charge is -2.40. The predicted octanol–water partition coefficient (Wildman–Crippen LogP) is 3.70. The maximum Gasteiger partial charge on any atom is 0.222 e. The summed E-state index contributed by atoms with van der Waals surface area (Å²) >= 11 is 0. The summed E-state index contributed by atoms with van der Waals surface area (Å²) < 4.78 is 18.5. The Labute approximate surface area is 171 Å². The van der Waals surface area contributed by atoms with Crippen molar-refractivity contribution in [3.8, 4) is 5.75 Å². The Morgan fingerprint density at radius 3 is 2.52 bits per heavy atom. The van der Waals surface area contributed by atoms with Crippen LogP contribution in [0.2, 0.25) is 0 Å². The predicted molar refractivity (Wildman–Crippen MR) is 110 cm³/mol. The van der Waals surface area contributed by atoms with Gasteiger partial charge in [0.25, 0.3) is 0 Å². The van der Waals surface area contributed by atoms with E-state index < -0.39 is 0 Å². The fourth-order valence-corrected chi connectivity index (χ4v) is 3.72. The van der Waals surface area contributed by atoms with Gasteiger partial charge < -0.3 is 9.64 Å². The second-order valence-electron chi connectivity index (χ2n) is 7.36. The number of hydrogen-bond acceptors (Lipinski definition) is 4. The van der Waals surface area contributed by atoms with Crippen LogP contribution < -0.4 is 4.74 Å². The van der Waals surface area contributed by atoms with Gasteiger partial charge in [-0.05, 0) is 43.8 Å². The number of Topliss-reactive ketones (excluding diaryl/α,β-unsaturated/α-hetero) is 1. The lowest BCUT2D eigenvalue weighted by Crippen LogP contribution is -2.49. The Bertz CT molecular complexity index is 853. The van der Waals surface area contributed by atoms with Gasteiger partial charge in [0.05, 0.1) is 13.2 Å². The van der Waals surface area contributed by atoms with Gasteiger partial charge in [0, 0.05) is 43.6 Å². The first kappa shape index (κ1) is 21.0. The van der Waals surface area contributed by atoms with E-state index in [1.165, 1.54) is 24.3 Å². The molecule has 1 aliphatic rings. The van der Waals surface area contributed by atoms with Crippen LogP contribution in [0, 0.1) is 5.82 Å². The van der Waals surface area contributed by atoms with Crippen LogP contribution in [0.5, 0.6) is 5.75 Å². The van der Waals surface area contributed by atoms with E-state index in [-0.39, 0.29) is 30.0 Å². The zero-order valence-electron chi connectivity index (χ0n) is 16.9. The number of likely N-dealkylation sites (N-methyl/N-ethyl adjacent to an activating group) is 1. The summed E-state index contributed by atoms with van der Waals surface area (Å²) in [5, 5.41) is 0. The molecule has 3 rings (SSSR count). The Hall–Kier alpha value is -2.73. The molecule has 0 aromatic heterocycles. The minimum absolute atomic E-state index is 0.0601. The van der Waals surface area contributed by atoms with Gasteiger partial charge in [-0.15, -0.1) is 0 Å². The van der Waals surface area contributed by atoms with Gasteiger partial charge in [0.2, 0.25) is 5.91 Å². The highest BCUT2D eigenvalue weighted by atomic mass is 19.1. The van der Waals surface area contributed by atoms with Crippen molar-refractivity contribution in [1.82, 2.24) is 9.80 Å². The topological polar surface area (TPSA) is 49.9 Å². The summed E-state index contributed by atoms with van der Waals surface area (Å²) in [6, 6.07) is 13.5. The van der Waals surface area contributed by atoms with Gasteiger partial charge in [0.15, 0.2) is 5.78 Å². The molecule has 2 aromatic carbocycles. The number of nitrogens with zero attached hydrogens (tertiary/aromatic N) is 2. The maximum atomic E-state index is 13.0. The third-order valence-electron chi connectivity index (χ3n) is 5.46. The summed E-state index contributed by atoms with van der Waals surface area (Å²) in [5.41, 5.74) is 1.55. The Morgan fingerprint density at radius 1 is 1.07 bits per heavy atom. The van der Waals surface area contributed by atoms with Crippen LogP contribution in [0.3, 0.4) is 0 Å². The number of rotatable bonds is 7. The fraction of sp³-hybridized carbons (Fsp3) is 0.391. The molecule has 0 N–H and O–H groups in total. The van der Waals surface area contributed by atoms with Crippen LogP contribution in [-0.2, 0) is 4.79 Å². The third kappa shape index (κ3) is 5.21. The van der Waals surface area contributed by atoms with Gasteiger partial charge in [-0.1, -0.05) is 18.2 Å². The van der Waals surface area contributed by atoms with Crippen molar-refractivity contribution in [3.05, 3.63) is 65.5 Å². The van der Waals surface area contributed by atoms with Crippen molar-refractivity contribution in [1.29, 1.82) is 0 Å². The first-order chi connectivity index (χ1) is 14.0. The van der Waals surface area contributed by atoms with E-state index in [4.69, 9.17) is 4.74 Å². The summed E-state index contributed by atoms with van der Waals surface area (Å²) in [6.45, 7) is 2.05. The number of benzene rings is 2. The molecule has 6 heteroatoms. The number of methoxy groups -OCH3 is 1. The quantitative estimate of drug-likeness (QED) is 0.668. The lowest BCUT2D eigenvalue weighted by atomic mass is 10.0. The summed E-state index contributed by atoms with van der Waals surface area (Å²) in [6.07, 6.45) is 1.09. The van der Waals surface area contributed by atoms with Crippen LogP contribution in [0.15, 0.2) is 48.5 Å². The molecule has 0 spiro atoms. The molecule has 1 unspecified atom stereocenters. The number of hydrogen-bond donors (Lipinski definition) is 0. The van der Waals surface area contributed by atoms with E-state index in [1.54, 1.807) is 7.11 Å². The Kier molecular flexibility index (Phi) is 6.99. The highest BCUT2D eigenvalue weighted by molar-refractivity contribution is 5.96. The van der Waals surface area contributed by atoms with Crippen LogP contribution in [0.4, 0.5) is 4.39 Å². The molecule has 5 nitrogen and oxygen atoms in total. The number of carbonyl (C=O) groups is 2. The van der Waals surface area contributed by atoms with Gasteiger partial charge in [-0.3, -0.25) is 14.5 Å². The molecule has 1 fully saturated rings. The molecule has 29 heavy (non-hydrogen) atoms. The van der Waals surface area contributed by atoms with Crippen LogP contribution >= 0.6 is 0 Å². The summed E-state index contributed by atoms with van der Waals surface area (Å²) in [4.78, 5) is 29.0. The van der Waals surface area contributed by atoms with Crippen molar-refractivity contribution in [2.75, 3.05) is 33.8 Å². The average Bonchev–Trinajstić information content (AvgIpc) is 2.74. The second kappa shape index (κ2) is 9.65. The standard InChI is InChI=1S/C23H27FN2O3/c1-25-14-15-26(16-20(25)19-6-3-4-8-22(19)29-2)23(28)9-5-7-21(27)17-10-12-18(24)13-11-17/h3-4,6,8,10-13,20H,5,7,9,14-16H2,1-2H3. The number of ketones is 1. The van der Waals surface area contributed by atoms with E-state index in [1.807, 2.05) is 29.2 Å². The van der Waals surface area contributed by atoms with E-state index in [0.717, 1.165) is 17.9 Å². The molecular formula is C23H27FN2O3. The zero-order valence-corrected chi connectivity index (χ0v) is 16.9. The van der Waals surface area contributed by atoms with Gasteiger partial charge in [-0.2, -0.15) is 0 Å². The van der Waals surface area contributed by atoms with Crippen molar-refractivity contribution in [2.24, 2.45) is 0 Å². The van der Waals surface area contributed by atoms with Crippen molar-refractivity contribution in [3.63, 3.8) is 0 Å². The van der Waals surface area contributed by atoms with Crippen LogP contribution in [0.25, 0.3) is 0 Å². The molecule has 1 amide bonds. The number of para-hydroxylation sites is 1. The van der Waals surface area contributed by atoms with Gasteiger partial charge >= 0.3 is 0 Å². The second-order valence-corrected chi connectivity index (χ2v) is 7.36. The smallest absolute Gasteiger partial charge is 0.222 e. The van der Waals surface area contributed by atoms with E-state index in [9.17, 15) is 14.0 Å². The first-order valence-corrected chi connectivity index (χ1v) is 9.89. The minimum Gasteiger partial charge on any atom is -0.496 e. The number of amides is 1. The van der Waals surface area contributed by atoms with E-state index >= 15 is 0 Å². The fourth-order valence-electron chi connectivity index (χ4n) is 3.72. The summed E-state index contributed by atoms with van der Waals surface area (Å²) in [7, 11) is 3.71. The molecule has 0 aliphatic carbocycles. The molecule has 0 saturated carbocycles. The number of halogens is 1. The van der Waals surface area contributed by atoms with Crippen LogP contribution in [-0.4, -0.2) is 55.3 Å². The normalized spacial score (nSPS) is 17.2. The van der Waals surface area contributed by atoms with Gasteiger partial charge in [-0.25, -0.2) is 4.39 Å². The zero-order chi connectivity index (χ0) is 20.8. The number of carbonyl (C=O) groups excluding carboxylic acids is 2. The monoisotopic (exact) mass is 398 g/mol. The summed E-state index contributed by atoms with van der Waals surface area (Å²) in [5.74, 6) is 0.452. The number of piperazine rings is 1. The minimum atomic E-state index is -0.364. The molecule has 1 heterocycles. The van der Waals surface area contributed by atoms with Crippen LogP contribution in [0.1, 0.15) is 41.2 Å². The number of ether oxygens (including phenoxy) is 1. The highest BCUT2D eigenvalue weighted by Gasteiger charge is 2.29. The molecule has 0 radical (unpaired) electrons. The van der Waals surface area contributed by atoms with Crippen molar-refractivity contribution >= 4 is 11.7 Å². The molecule has 1 aliphatic heterocycles. The highest BCUT2D eigenvalue weighted by Crippen LogP contribution is 2.31. The van der Waals surface area contributed by atoms with Crippen molar-refractivity contribution in [2.45, 2.75) is 25.3 Å². The van der Waals surface area contributed by atoms with E-state index in [0.29, 0.717) is 31.5 Å². The average molecular weight is 398 g/mol. The third-order valence-corrected chi connectivity index (χ3v) is 5.46. The SMILES string of the molecule is COc1ccccc1C1CN(C(=O)CCCC(=O)c2ccc(F)cc2)CCN1C. The van der Waals surface area contributed by atoms with Crippen molar-refractivity contribution < 1.29 is 18.7 Å². The molecular weight excluding hydrogens is 371 g/mol. The maximum absolute atomic E-state index is 13.0. The molecule has 1 atom stereocenters. The Morgan fingerprint density at radius 2 is 1.79 bits per heavy atom. The molecule has 0 bridgehead atoms. The lowest BCUT2D eigenvalue weighted by molar-refractivity contribution is -0.134. The Balaban J connectivity index is 1.55. The first-order valence-electron chi connectivity index (χ1n) is 9.89. The van der Waals surface area contributed by atoms with E-state index in [2.05, 4.69) is 11.9 Å². The molecule has 154 valence electrons.